The monoisotopic (exact) mass is 622 g/mol. The second-order valence-electron chi connectivity index (χ2n) is 11.4. The maximum atomic E-state index is 15.5. The molecule has 4 aromatic rings. The molecule has 2 N–H and O–H groups in total. The summed E-state index contributed by atoms with van der Waals surface area (Å²) in [6.07, 6.45) is 8.56. The molecule has 1 saturated carbocycles. The highest BCUT2D eigenvalue weighted by Crippen LogP contribution is 2.47. The van der Waals surface area contributed by atoms with Gasteiger partial charge in [0.25, 0.3) is 5.91 Å². The summed E-state index contributed by atoms with van der Waals surface area (Å²) < 4.78 is 17.3. The van der Waals surface area contributed by atoms with Gasteiger partial charge in [-0.25, -0.2) is 9.37 Å². The van der Waals surface area contributed by atoms with Crippen LogP contribution in [0.1, 0.15) is 70.4 Å². The first kappa shape index (κ1) is 29.3. The van der Waals surface area contributed by atoms with Gasteiger partial charge in [-0.2, -0.15) is 0 Å². The van der Waals surface area contributed by atoms with Crippen molar-refractivity contribution in [2.75, 3.05) is 5.32 Å². The van der Waals surface area contributed by atoms with Crippen molar-refractivity contribution >= 4 is 57.3 Å². The highest BCUT2D eigenvalue weighted by molar-refractivity contribution is 7.11. The zero-order chi connectivity index (χ0) is 30.2. The third-order valence-corrected chi connectivity index (χ3v) is 10.2. The Hall–Kier alpha value is -3.76. The third kappa shape index (κ3) is 5.90. The van der Waals surface area contributed by atoms with Crippen LogP contribution in [-0.2, 0) is 29.5 Å². The molecule has 0 spiro atoms. The number of para-hydroxylation sites is 1. The summed E-state index contributed by atoms with van der Waals surface area (Å²) in [6.45, 7) is 0. The lowest BCUT2D eigenvalue weighted by Crippen LogP contribution is -2.41. The number of nitrogens with one attached hydrogen (secondary N) is 1. The van der Waals surface area contributed by atoms with Gasteiger partial charge in [0.2, 0.25) is 5.91 Å². The van der Waals surface area contributed by atoms with E-state index >= 15 is 4.39 Å². The largest absolute Gasteiger partial charge is 0.481 e. The molecule has 2 aliphatic rings. The molecule has 2 aromatic carbocycles. The van der Waals surface area contributed by atoms with Crippen molar-refractivity contribution in [1.82, 2.24) is 14.5 Å². The van der Waals surface area contributed by atoms with Crippen LogP contribution in [0, 0.1) is 11.7 Å². The van der Waals surface area contributed by atoms with E-state index in [1.807, 2.05) is 40.8 Å². The number of amides is 2. The number of hydrogen-bond acceptors (Lipinski definition) is 5. The first-order valence-corrected chi connectivity index (χ1v) is 15.7. The number of aliphatic carboxylic acids is 1. The number of likely N-dealkylation sites (tertiary alicyclic amines) is 1. The molecule has 11 heteroatoms. The van der Waals surface area contributed by atoms with E-state index in [0.29, 0.717) is 17.9 Å². The quantitative estimate of drug-likeness (QED) is 0.226. The van der Waals surface area contributed by atoms with Crippen LogP contribution in [0.15, 0.2) is 48.8 Å². The van der Waals surface area contributed by atoms with Crippen molar-refractivity contribution < 1.29 is 23.9 Å². The van der Waals surface area contributed by atoms with Crippen LogP contribution in [0.4, 0.5) is 10.1 Å². The Morgan fingerprint density at radius 1 is 1.19 bits per heavy atom. The topological polar surface area (TPSA) is 105 Å². The van der Waals surface area contributed by atoms with Crippen molar-refractivity contribution in [1.29, 1.82) is 0 Å². The number of anilines is 1. The number of benzene rings is 2. The van der Waals surface area contributed by atoms with Gasteiger partial charge >= 0.3 is 5.97 Å². The molecule has 2 unspecified atom stereocenters. The average molecular weight is 623 g/mol. The second-order valence-corrected chi connectivity index (χ2v) is 13.0. The molecule has 8 nitrogen and oxygen atoms in total. The number of carbonyl (C=O) groups excluding carboxylic acids is 2. The minimum atomic E-state index is -0.863. The van der Waals surface area contributed by atoms with Gasteiger partial charge in [0.05, 0.1) is 35.2 Å². The minimum absolute atomic E-state index is 0.0264. The predicted octanol–water partition coefficient (Wildman–Crippen LogP) is 6.77. The van der Waals surface area contributed by atoms with Gasteiger partial charge < -0.3 is 19.9 Å². The maximum Gasteiger partial charge on any atom is 0.303 e. The zero-order valence-electron chi connectivity index (χ0n) is 23.7. The molecule has 1 saturated heterocycles. The second kappa shape index (κ2) is 12.1. The van der Waals surface area contributed by atoms with Gasteiger partial charge in [-0.1, -0.05) is 42.6 Å². The molecule has 2 aromatic heterocycles. The van der Waals surface area contributed by atoms with Gasteiger partial charge in [-0.3, -0.25) is 14.4 Å². The summed E-state index contributed by atoms with van der Waals surface area (Å²) in [6, 6.07) is 9.96. The Morgan fingerprint density at radius 2 is 1.98 bits per heavy atom. The standard InChI is InChI=1S/C32H32ClFN4O4S/c1-37-17-22(21-7-3-5-9-27(21)37)31(42)36-25-15-24(34)19(12-23(25)33)14-29(39)38-26-8-4-2-6-18(26)13-28(38)32-35-16-20(43-32)10-11-30(40)41/h3,5,7,9,12,15-18,26,28H,2,4,6,8,10-11,13-14H2,1H3,(H,36,42)(H,40,41)/t18?,26?,28-/m0/s1. The molecule has 3 heterocycles. The number of nitrogens with zero attached hydrogens (tertiary/aromatic N) is 3. The summed E-state index contributed by atoms with van der Waals surface area (Å²) in [5, 5.41) is 13.5. The number of carboxylic acids is 1. The summed E-state index contributed by atoms with van der Waals surface area (Å²) in [5.74, 6) is -1.72. The fourth-order valence-electron chi connectivity index (χ4n) is 6.65. The molecule has 0 radical (unpaired) electrons. The molecule has 1 aliphatic heterocycles. The van der Waals surface area contributed by atoms with E-state index in [1.165, 1.54) is 23.5 Å². The van der Waals surface area contributed by atoms with Crippen LogP contribution in [0.25, 0.3) is 10.9 Å². The van der Waals surface area contributed by atoms with Crippen LogP contribution >= 0.6 is 22.9 Å². The van der Waals surface area contributed by atoms with Gasteiger partial charge in [-0.05, 0) is 55.4 Å². The van der Waals surface area contributed by atoms with Crippen LogP contribution in [0.5, 0.6) is 0 Å². The smallest absolute Gasteiger partial charge is 0.303 e. The third-order valence-electron chi connectivity index (χ3n) is 8.69. The fraction of sp³-hybridized carbons (Fsp3) is 0.375. The van der Waals surface area contributed by atoms with E-state index in [4.69, 9.17) is 16.7 Å². The van der Waals surface area contributed by atoms with E-state index in [-0.39, 0.29) is 47.1 Å². The Labute approximate surface area is 257 Å². The SMILES string of the molecule is Cn1cc(C(=O)Nc2cc(F)c(CC(=O)N3C4CCCCC4C[C@H]3c3ncc(CCC(=O)O)s3)cc2Cl)c2ccccc21. The Kier molecular flexibility index (Phi) is 8.24. The molecule has 2 amide bonds. The van der Waals surface area contributed by atoms with Crippen molar-refractivity contribution in [3.63, 3.8) is 0 Å². The van der Waals surface area contributed by atoms with Crippen molar-refractivity contribution in [2.45, 2.75) is 63.5 Å². The van der Waals surface area contributed by atoms with E-state index in [2.05, 4.69) is 10.3 Å². The number of rotatable bonds is 8. The number of thiazole rings is 1. The number of aryl methyl sites for hydroxylation is 2. The average Bonchev–Trinajstić information content (AvgIpc) is 3.70. The lowest BCUT2D eigenvalue weighted by molar-refractivity contribution is -0.137. The molecule has 43 heavy (non-hydrogen) atoms. The molecule has 3 atom stereocenters. The first-order chi connectivity index (χ1) is 20.7. The van der Waals surface area contributed by atoms with Crippen LogP contribution in [0.3, 0.4) is 0 Å². The Morgan fingerprint density at radius 3 is 2.79 bits per heavy atom. The number of carbonyl (C=O) groups is 3. The van der Waals surface area contributed by atoms with E-state index in [0.717, 1.165) is 52.9 Å². The van der Waals surface area contributed by atoms with Gasteiger partial charge in [0.15, 0.2) is 0 Å². The molecule has 6 rings (SSSR count). The van der Waals surface area contributed by atoms with E-state index < -0.39 is 17.7 Å². The lowest BCUT2D eigenvalue weighted by Gasteiger charge is -2.33. The number of halogens is 2. The predicted molar refractivity (Wildman–Crippen MR) is 164 cm³/mol. The number of fused-ring (bicyclic) bond motifs is 2. The van der Waals surface area contributed by atoms with Crippen molar-refractivity contribution in [3.05, 3.63) is 80.6 Å². The highest BCUT2D eigenvalue weighted by atomic mass is 35.5. The Bertz CT molecular complexity index is 1720. The van der Waals surface area contributed by atoms with Gasteiger partial charge in [-0.15, -0.1) is 11.3 Å². The first-order valence-electron chi connectivity index (χ1n) is 14.5. The van der Waals surface area contributed by atoms with Crippen LogP contribution in [-0.4, -0.2) is 43.4 Å². The van der Waals surface area contributed by atoms with Crippen molar-refractivity contribution in [3.8, 4) is 0 Å². The van der Waals surface area contributed by atoms with Gasteiger partial charge in [0, 0.05) is 41.3 Å². The Balaban J connectivity index is 1.21. The normalized spacial score (nSPS) is 19.9. The molecule has 0 bridgehead atoms. The van der Waals surface area contributed by atoms with Gasteiger partial charge in [0.1, 0.15) is 10.8 Å². The van der Waals surface area contributed by atoms with E-state index in [9.17, 15) is 14.4 Å². The lowest BCUT2D eigenvalue weighted by atomic mass is 9.84. The maximum absolute atomic E-state index is 15.5. The molecular formula is C32H32ClFN4O4S. The van der Waals surface area contributed by atoms with E-state index in [1.54, 1.807) is 12.4 Å². The summed E-state index contributed by atoms with van der Waals surface area (Å²) >= 11 is 7.98. The number of hydrogen-bond donors (Lipinski definition) is 2. The zero-order valence-corrected chi connectivity index (χ0v) is 25.3. The molecule has 2 fully saturated rings. The van der Waals surface area contributed by atoms with Crippen LogP contribution < -0.4 is 5.32 Å². The summed E-state index contributed by atoms with van der Waals surface area (Å²) in [7, 11) is 1.85. The molecule has 224 valence electrons. The number of carboxylic acid groups (broad SMARTS) is 1. The molecule has 1 aliphatic carbocycles. The minimum Gasteiger partial charge on any atom is -0.481 e. The highest BCUT2D eigenvalue weighted by Gasteiger charge is 2.46. The molecular weight excluding hydrogens is 591 g/mol. The summed E-state index contributed by atoms with van der Waals surface area (Å²) in [5.41, 5.74) is 1.64. The van der Waals surface area contributed by atoms with Crippen molar-refractivity contribution in [2.24, 2.45) is 13.0 Å². The summed E-state index contributed by atoms with van der Waals surface area (Å²) in [4.78, 5) is 45.4. The fourth-order valence-corrected chi connectivity index (χ4v) is 7.91. The van der Waals surface area contributed by atoms with Crippen LogP contribution in [0.2, 0.25) is 5.02 Å². The number of aromatic nitrogens is 2.